The van der Waals surface area contributed by atoms with Crippen LogP contribution in [0.5, 0.6) is 0 Å². The van der Waals surface area contributed by atoms with E-state index >= 15 is 0 Å². The minimum Gasteiger partial charge on any atom is -0.359 e. The average Bonchev–Trinajstić information content (AvgIpc) is 3.25. The molecule has 8 heteroatoms. The third-order valence-corrected chi connectivity index (χ3v) is 5.05. The number of rotatable bonds is 5. The van der Waals surface area contributed by atoms with Crippen molar-refractivity contribution in [2.75, 3.05) is 13.1 Å². The first-order valence-corrected chi connectivity index (χ1v) is 9.01. The molecule has 2 aromatic heterocycles. The molecule has 4 rings (SSSR count). The van der Waals surface area contributed by atoms with Gasteiger partial charge in [-0.3, -0.25) is 0 Å². The van der Waals surface area contributed by atoms with Gasteiger partial charge in [-0.15, -0.1) is 0 Å². The van der Waals surface area contributed by atoms with E-state index in [0.29, 0.717) is 24.7 Å². The number of nitrogens with zero attached hydrogens (tertiary/aromatic N) is 4. The van der Waals surface area contributed by atoms with Crippen molar-refractivity contribution in [2.24, 2.45) is 0 Å². The zero-order valence-corrected chi connectivity index (χ0v) is 14.4. The fourth-order valence-electron chi connectivity index (χ4n) is 3.42. The van der Waals surface area contributed by atoms with Crippen molar-refractivity contribution >= 4 is 6.03 Å². The normalized spacial score (nSPS) is 20.7. The lowest BCUT2D eigenvalue weighted by molar-refractivity contribution is 0.182. The Hall–Kier alpha value is -2.38. The number of aromatic nitrogens is 3. The van der Waals surface area contributed by atoms with Crippen LogP contribution >= 0.6 is 0 Å². The van der Waals surface area contributed by atoms with Crippen LogP contribution in [0.25, 0.3) is 0 Å². The largest absolute Gasteiger partial charge is 0.359 e. The number of likely N-dealkylation sites (tertiary alicyclic amines) is 1. The van der Waals surface area contributed by atoms with Gasteiger partial charge in [0, 0.05) is 31.5 Å². The summed E-state index contributed by atoms with van der Waals surface area (Å²) < 4.78 is 10.6. The van der Waals surface area contributed by atoms with Crippen LogP contribution in [0, 0.1) is 6.92 Å². The maximum Gasteiger partial charge on any atom is 0.318 e. The average molecular weight is 345 g/mol. The summed E-state index contributed by atoms with van der Waals surface area (Å²) in [5.74, 6) is 2.60. The molecule has 1 atom stereocenters. The highest BCUT2D eigenvalue weighted by molar-refractivity contribution is 5.75. The topological polar surface area (TPSA) is 97.3 Å². The van der Waals surface area contributed by atoms with Crippen LogP contribution in [0.2, 0.25) is 0 Å². The van der Waals surface area contributed by atoms with E-state index in [1.165, 1.54) is 6.42 Å². The summed E-state index contributed by atoms with van der Waals surface area (Å²) in [6, 6.07) is 1.79. The highest BCUT2D eigenvalue weighted by Crippen LogP contribution is 2.35. The van der Waals surface area contributed by atoms with E-state index in [-0.39, 0.29) is 12.1 Å². The van der Waals surface area contributed by atoms with Gasteiger partial charge >= 0.3 is 6.03 Å². The second-order valence-corrected chi connectivity index (χ2v) is 6.88. The second kappa shape index (κ2) is 6.85. The lowest BCUT2D eigenvalue weighted by Gasteiger charge is -2.22. The van der Waals surface area contributed by atoms with Gasteiger partial charge in [-0.05, 0) is 32.6 Å². The number of urea groups is 1. The van der Waals surface area contributed by atoms with E-state index in [0.717, 1.165) is 49.6 Å². The Morgan fingerprint density at radius 1 is 1.28 bits per heavy atom. The highest BCUT2D eigenvalue weighted by Gasteiger charge is 2.32. The van der Waals surface area contributed by atoms with Gasteiger partial charge < -0.3 is 19.3 Å². The molecule has 1 aliphatic heterocycles. The van der Waals surface area contributed by atoms with E-state index in [9.17, 15) is 4.79 Å². The summed E-state index contributed by atoms with van der Waals surface area (Å²) in [5, 5.41) is 10.9. The molecule has 8 nitrogen and oxygen atoms in total. The van der Waals surface area contributed by atoms with Crippen LogP contribution in [0.3, 0.4) is 0 Å². The van der Waals surface area contributed by atoms with Gasteiger partial charge in [-0.1, -0.05) is 16.7 Å². The van der Waals surface area contributed by atoms with Crippen LogP contribution < -0.4 is 5.32 Å². The molecule has 0 radical (unpaired) electrons. The molecule has 0 spiro atoms. The Labute approximate surface area is 145 Å². The molecule has 1 saturated carbocycles. The van der Waals surface area contributed by atoms with Crippen LogP contribution in [-0.2, 0) is 6.42 Å². The van der Waals surface area contributed by atoms with Gasteiger partial charge in [0.1, 0.15) is 0 Å². The number of nitrogens with one attached hydrogen (secondary N) is 1. The summed E-state index contributed by atoms with van der Waals surface area (Å²) in [7, 11) is 0. The zero-order chi connectivity index (χ0) is 17.2. The smallest absolute Gasteiger partial charge is 0.318 e. The summed E-state index contributed by atoms with van der Waals surface area (Å²) in [6.45, 7) is 3.10. The number of amides is 2. The van der Waals surface area contributed by atoms with Gasteiger partial charge in [0.05, 0.1) is 11.7 Å². The van der Waals surface area contributed by atoms with Crippen LogP contribution in [0.15, 0.2) is 15.1 Å². The minimum absolute atomic E-state index is 0.0309. The molecule has 134 valence electrons. The molecule has 1 aliphatic carbocycles. The predicted molar refractivity (Wildman–Crippen MR) is 87.9 cm³/mol. The number of hydrogen-bond acceptors (Lipinski definition) is 6. The number of carbonyl (C=O) groups excluding carboxylic acids is 1. The fourth-order valence-corrected chi connectivity index (χ4v) is 3.42. The molecule has 2 aliphatic rings. The van der Waals surface area contributed by atoms with Crippen molar-refractivity contribution in [1.82, 2.24) is 25.5 Å². The van der Waals surface area contributed by atoms with Crippen LogP contribution in [0.4, 0.5) is 4.79 Å². The van der Waals surface area contributed by atoms with Crippen molar-refractivity contribution in [3.8, 4) is 0 Å². The molecule has 2 aromatic rings. The van der Waals surface area contributed by atoms with Crippen molar-refractivity contribution < 1.29 is 13.8 Å². The number of hydrogen-bond donors (Lipinski definition) is 1. The molecule has 0 aromatic carbocycles. The number of aryl methyl sites for hydroxylation is 1. The van der Waals surface area contributed by atoms with Crippen molar-refractivity contribution in [2.45, 2.75) is 57.4 Å². The molecule has 3 heterocycles. The molecule has 1 unspecified atom stereocenters. The molecule has 1 N–H and O–H groups in total. The Bertz CT molecular complexity index is 736. The maximum absolute atomic E-state index is 12.5. The summed E-state index contributed by atoms with van der Waals surface area (Å²) >= 11 is 0. The molecule has 2 amide bonds. The first-order chi connectivity index (χ1) is 12.2. The minimum atomic E-state index is -0.0840. The lowest BCUT2D eigenvalue weighted by atomic mass is 9.85. The van der Waals surface area contributed by atoms with E-state index in [4.69, 9.17) is 9.05 Å². The second-order valence-electron chi connectivity index (χ2n) is 6.88. The first-order valence-electron chi connectivity index (χ1n) is 9.01. The fraction of sp³-hybridized carbons (Fsp3) is 0.647. The van der Waals surface area contributed by atoms with Gasteiger partial charge in [-0.2, -0.15) is 4.98 Å². The molecular formula is C17H23N5O3. The Morgan fingerprint density at radius 3 is 2.88 bits per heavy atom. The quantitative estimate of drug-likeness (QED) is 0.895. The monoisotopic (exact) mass is 345 g/mol. The molecular weight excluding hydrogens is 322 g/mol. The van der Waals surface area contributed by atoms with E-state index in [1.807, 2.05) is 17.9 Å². The highest BCUT2D eigenvalue weighted by atomic mass is 16.5. The Balaban J connectivity index is 1.28. The Morgan fingerprint density at radius 2 is 2.16 bits per heavy atom. The maximum atomic E-state index is 12.5. The molecule has 0 bridgehead atoms. The third-order valence-electron chi connectivity index (χ3n) is 5.05. The molecule has 2 fully saturated rings. The summed E-state index contributed by atoms with van der Waals surface area (Å²) in [6.07, 6.45) is 5.94. The molecule has 1 saturated heterocycles. The summed E-state index contributed by atoms with van der Waals surface area (Å²) in [5.41, 5.74) is 0.835. The first kappa shape index (κ1) is 16.1. The van der Waals surface area contributed by atoms with Gasteiger partial charge in [0.25, 0.3) is 0 Å². The van der Waals surface area contributed by atoms with Gasteiger partial charge in [-0.25, -0.2) is 4.79 Å². The van der Waals surface area contributed by atoms with Gasteiger partial charge in [0.2, 0.25) is 5.89 Å². The van der Waals surface area contributed by atoms with Crippen molar-refractivity contribution in [3.63, 3.8) is 0 Å². The predicted octanol–water partition coefficient (Wildman–Crippen LogP) is 2.72. The van der Waals surface area contributed by atoms with Crippen molar-refractivity contribution in [1.29, 1.82) is 0 Å². The third kappa shape index (κ3) is 3.38. The lowest BCUT2D eigenvalue weighted by Crippen LogP contribution is -2.40. The SMILES string of the molecule is Cc1cc(C2CCCN2C(=O)NCCc2noc(C3CCC3)n2)on1. The van der Waals surface area contributed by atoms with E-state index in [1.54, 1.807) is 0 Å². The van der Waals surface area contributed by atoms with Gasteiger partial charge in [0.15, 0.2) is 11.6 Å². The molecule has 25 heavy (non-hydrogen) atoms. The number of carbonyl (C=O) groups is 1. The Kier molecular flexibility index (Phi) is 4.42. The summed E-state index contributed by atoms with van der Waals surface area (Å²) in [4.78, 5) is 18.7. The zero-order valence-electron chi connectivity index (χ0n) is 14.4. The van der Waals surface area contributed by atoms with Crippen LogP contribution in [0.1, 0.15) is 67.2 Å². The standard InChI is InChI=1S/C17H23N5O3/c1-11-10-14(24-20-11)13-6-3-9-22(13)17(23)18-8-7-15-19-16(25-21-15)12-4-2-5-12/h10,12-13H,2-9H2,1H3,(H,18,23). The van der Waals surface area contributed by atoms with Crippen molar-refractivity contribution in [3.05, 3.63) is 29.2 Å². The van der Waals surface area contributed by atoms with E-state index in [2.05, 4.69) is 20.6 Å². The van der Waals surface area contributed by atoms with E-state index < -0.39 is 0 Å². The van der Waals surface area contributed by atoms with Crippen LogP contribution in [-0.4, -0.2) is 39.3 Å².